The van der Waals surface area contributed by atoms with Gasteiger partial charge in [-0.05, 0) is 38.9 Å². The largest absolute Gasteiger partial charge is 0.490 e. The van der Waals surface area contributed by atoms with Crippen LogP contribution < -0.4 is 4.90 Å². The SMILES string of the molecule is CC1CC(N(C)c2nc3sc(-c4ccc(-c5cn[nH]c5)nc4)nc3s2)CCN1C.O=C(O)C(F)(F)F. The summed E-state index contributed by atoms with van der Waals surface area (Å²) in [6.07, 6.45) is 2.76. The molecule has 0 amide bonds. The second kappa shape index (κ2) is 10.5. The Hall–Kier alpha value is -3.10. The van der Waals surface area contributed by atoms with Crippen LogP contribution in [0.4, 0.5) is 18.3 Å². The van der Waals surface area contributed by atoms with Crippen molar-refractivity contribution in [2.45, 2.75) is 38.0 Å². The van der Waals surface area contributed by atoms with Crippen LogP contribution in [-0.2, 0) is 4.79 Å². The molecular weight excluding hydrogens is 515 g/mol. The molecule has 5 heterocycles. The molecule has 0 saturated carbocycles. The van der Waals surface area contributed by atoms with Crippen LogP contribution in [-0.4, -0.2) is 80.0 Å². The van der Waals surface area contributed by atoms with Crippen molar-refractivity contribution in [1.82, 2.24) is 30.0 Å². The average Bonchev–Trinajstić information content (AvgIpc) is 3.57. The second-order valence-corrected chi connectivity index (χ2v) is 10.4. The predicted octanol–water partition coefficient (Wildman–Crippen LogP) is 4.76. The minimum atomic E-state index is -5.08. The number of anilines is 1. The van der Waals surface area contributed by atoms with Crippen LogP contribution >= 0.6 is 22.7 Å². The fraction of sp³-hybridized carbons (Fsp3) is 0.409. The number of fused-ring (bicyclic) bond motifs is 1. The molecule has 1 aliphatic rings. The number of aromatic amines is 1. The number of H-pyrrole nitrogens is 1. The molecule has 1 fully saturated rings. The number of nitrogens with one attached hydrogen (secondary N) is 1. The lowest BCUT2D eigenvalue weighted by molar-refractivity contribution is -0.192. The number of alkyl halides is 3. The Balaban J connectivity index is 0.000000384. The maximum absolute atomic E-state index is 10.6. The maximum Gasteiger partial charge on any atom is 0.490 e. The highest BCUT2D eigenvalue weighted by Crippen LogP contribution is 2.37. The highest BCUT2D eigenvalue weighted by Gasteiger charge is 2.38. The van der Waals surface area contributed by atoms with Gasteiger partial charge in [-0.2, -0.15) is 18.3 Å². The topological polar surface area (TPSA) is 111 Å². The Morgan fingerprint density at radius 2 is 1.92 bits per heavy atom. The molecule has 0 bridgehead atoms. The predicted molar refractivity (Wildman–Crippen MR) is 133 cm³/mol. The lowest BCUT2D eigenvalue weighted by atomic mass is 9.98. The van der Waals surface area contributed by atoms with Crippen LogP contribution in [0.2, 0.25) is 0 Å². The van der Waals surface area contributed by atoms with Gasteiger partial charge in [-0.15, -0.1) is 0 Å². The van der Waals surface area contributed by atoms with Gasteiger partial charge in [0.25, 0.3) is 0 Å². The minimum Gasteiger partial charge on any atom is -0.475 e. The summed E-state index contributed by atoms with van der Waals surface area (Å²) in [5.41, 5.74) is 2.90. The molecule has 5 rings (SSSR count). The van der Waals surface area contributed by atoms with Gasteiger partial charge in [-0.1, -0.05) is 22.7 Å². The molecule has 14 heteroatoms. The quantitative estimate of drug-likeness (QED) is 0.382. The number of hydrogen-bond donors (Lipinski definition) is 2. The molecule has 1 saturated heterocycles. The summed E-state index contributed by atoms with van der Waals surface area (Å²) in [4.78, 5) is 30.0. The minimum absolute atomic E-state index is 0.542. The molecule has 0 spiro atoms. The fourth-order valence-corrected chi connectivity index (χ4v) is 5.82. The van der Waals surface area contributed by atoms with E-state index in [-0.39, 0.29) is 0 Å². The molecule has 192 valence electrons. The summed E-state index contributed by atoms with van der Waals surface area (Å²) < 4.78 is 31.7. The first-order chi connectivity index (χ1) is 17.0. The average molecular weight is 540 g/mol. The monoisotopic (exact) mass is 539 g/mol. The molecule has 9 nitrogen and oxygen atoms in total. The normalized spacial score (nSPS) is 18.6. The first-order valence-corrected chi connectivity index (χ1v) is 12.6. The smallest absolute Gasteiger partial charge is 0.475 e. The molecule has 0 radical (unpaired) electrons. The molecule has 0 aromatic carbocycles. The Morgan fingerprint density at radius 1 is 1.19 bits per heavy atom. The van der Waals surface area contributed by atoms with E-state index in [1.54, 1.807) is 28.9 Å². The van der Waals surface area contributed by atoms with E-state index in [1.165, 1.54) is 12.8 Å². The van der Waals surface area contributed by atoms with E-state index >= 15 is 0 Å². The Kier molecular flexibility index (Phi) is 7.57. The lowest BCUT2D eigenvalue weighted by Gasteiger charge is -2.39. The summed E-state index contributed by atoms with van der Waals surface area (Å²) in [7, 11) is 4.38. The number of piperidine rings is 1. The van der Waals surface area contributed by atoms with E-state index in [0.717, 1.165) is 43.2 Å². The van der Waals surface area contributed by atoms with Gasteiger partial charge in [0.15, 0.2) is 14.8 Å². The van der Waals surface area contributed by atoms with Gasteiger partial charge >= 0.3 is 12.1 Å². The number of rotatable bonds is 4. The standard InChI is InChI=1S/C20H23N7S2.C2HF3O2/c1-12-8-15(6-7-26(12)2)27(3)20-25-19-18(29-20)24-17(28-19)13-4-5-16(21-9-13)14-10-22-23-11-14;3-2(4,5)1(6)7/h4-5,9-12,15H,6-8H2,1-3H3,(H,22,23);(H,6,7). The third kappa shape index (κ3) is 5.82. The van der Waals surface area contributed by atoms with Crippen LogP contribution in [0.3, 0.4) is 0 Å². The summed E-state index contributed by atoms with van der Waals surface area (Å²) >= 11 is 3.32. The van der Waals surface area contributed by atoms with Crippen molar-refractivity contribution in [2.24, 2.45) is 0 Å². The van der Waals surface area contributed by atoms with Crippen LogP contribution in [0.15, 0.2) is 30.7 Å². The van der Waals surface area contributed by atoms with E-state index in [9.17, 15) is 13.2 Å². The third-order valence-electron chi connectivity index (χ3n) is 6.04. The number of nitrogens with zero attached hydrogens (tertiary/aromatic N) is 6. The summed E-state index contributed by atoms with van der Waals surface area (Å²) in [5.74, 6) is -2.76. The molecular formula is C22H24F3N7O2S2. The van der Waals surface area contributed by atoms with Gasteiger partial charge in [0.2, 0.25) is 0 Å². The number of carboxylic acid groups (broad SMARTS) is 1. The zero-order valence-electron chi connectivity index (χ0n) is 19.7. The second-order valence-electron chi connectivity index (χ2n) is 8.47. The van der Waals surface area contributed by atoms with Crippen molar-refractivity contribution in [3.8, 4) is 21.8 Å². The maximum atomic E-state index is 10.6. The van der Waals surface area contributed by atoms with Gasteiger partial charge < -0.3 is 14.9 Å². The molecule has 2 unspecified atom stereocenters. The van der Waals surface area contributed by atoms with E-state index in [2.05, 4.69) is 52.1 Å². The van der Waals surface area contributed by atoms with E-state index in [4.69, 9.17) is 19.9 Å². The number of likely N-dealkylation sites (tertiary alicyclic amines) is 1. The van der Waals surface area contributed by atoms with Crippen LogP contribution in [0.25, 0.3) is 31.5 Å². The van der Waals surface area contributed by atoms with Crippen LogP contribution in [0, 0.1) is 0 Å². The van der Waals surface area contributed by atoms with E-state index in [1.807, 2.05) is 18.5 Å². The molecule has 2 N–H and O–H groups in total. The van der Waals surface area contributed by atoms with Gasteiger partial charge in [0.05, 0.1) is 11.9 Å². The molecule has 4 aromatic rings. The number of pyridine rings is 1. The van der Waals surface area contributed by atoms with Crippen molar-refractivity contribution in [2.75, 3.05) is 25.5 Å². The first-order valence-electron chi connectivity index (χ1n) is 11.0. The lowest BCUT2D eigenvalue weighted by Crippen LogP contribution is -2.46. The van der Waals surface area contributed by atoms with Crippen molar-refractivity contribution < 1.29 is 23.1 Å². The van der Waals surface area contributed by atoms with Crippen molar-refractivity contribution >= 4 is 43.4 Å². The zero-order valence-corrected chi connectivity index (χ0v) is 21.3. The molecule has 1 aliphatic heterocycles. The van der Waals surface area contributed by atoms with Gasteiger partial charge in [0, 0.05) is 49.2 Å². The number of carbonyl (C=O) groups is 1. The Labute approximate surface area is 212 Å². The number of aliphatic carboxylic acids is 1. The molecule has 0 aliphatic carbocycles. The number of hydrogen-bond acceptors (Lipinski definition) is 9. The van der Waals surface area contributed by atoms with Gasteiger partial charge in [0.1, 0.15) is 5.01 Å². The van der Waals surface area contributed by atoms with Crippen molar-refractivity contribution in [1.29, 1.82) is 0 Å². The number of thiazole rings is 2. The first kappa shape index (κ1) is 26.0. The van der Waals surface area contributed by atoms with Gasteiger partial charge in [-0.3, -0.25) is 10.1 Å². The zero-order chi connectivity index (χ0) is 26.0. The van der Waals surface area contributed by atoms with E-state index in [0.29, 0.717) is 12.1 Å². The van der Waals surface area contributed by atoms with E-state index < -0.39 is 12.1 Å². The fourth-order valence-electron chi connectivity index (χ4n) is 3.76. The number of carboxylic acids is 1. The number of aromatic nitrogens is 5. The van der Waals surface area contributed by atoms with Gasteiger partial charge in [-0.25, -0.2) is 14.8 Å². The van der Waals surface area contributed by atoms with Crippen LogP contribution in [0.1, 0.15) is 19.8 Å². The third-order valence-corrected chi connectivity index (χ3v) is 8.21. The highest BCUT2D eigenvalue weighted by molar-refractivity contribution is 7.29. The molecule has 2 atom stereocenters. The Bertz CT molecular complexity index is 1270. The summed E-state index contributed by atoms with van der Waals surface area (Å²) in [5, 5.41) is 16.0. The Morgan fingerprint density at radius 3 is 2.47 bits per heavy atom. The molecule has 4 aromatic heterocycles. The number of halogens is 3. The highest BCUT2D eigenvalue weighted by atomic mass is 32.1. The summed E-state index contributed by atoms with van der Waals surface area (Å²) in [6, 6.07) is 5.22. The van der Waals surface area contributed by atoms with Crippen molar-refractivity contribution in [3.63, 3.8) is 0 Å². The van der Waals surface area contributed by atoms with Crippen molar-refractivity contribution in [3.05, 3.63) is 30.7 Å². The summed E-state index contributed by atoms with van der Waals surface area (Å²) in [6.45, 7) is 3.44. The molecule has 36 heavy (non-hydrogen) atoms. The van der Waals surface area contributed by atoms with Crippen LogP contribution in [0.5, 0.6) is 0 Å².